The van der Waals surface area contributed by atoms with Crippen LogP contribution in [0.2, 0.25) is 0 Å². The van der Waals surface area contributed by atoms with Crippen molar-refractivity contribution in [1.29, 1.82) is 5.26 Å². The minimum Gasteiger partial charge on any atom is -0.497 e. The Morgan fingerprint density at radius 2 is 1.95 bits per heavy atom. The van der Waals surface area contributed by atoms with Crippen LogP contribution in [0.5, 0.6) is 11.5 Å². The van der Waals surface area contributed by atoms with Gasteiger partial charge in [-0.25, -0.2) is 0 Å². The van der Waals surface area contributed by atoms with Gasteiger partial charge in [-0.3, -0.25) is 0 Å². The van der Waals surface area contributed by atoms with E-state index in [2.05, 4.69) is 27.3 Å². The Morgan fingerprint density at radius 3 is 2.62 bits per heavy atom. The zero-order valence-corrected chi connectivity index (χ0v) is 13.4. The number of anilines is 1. The van der Waals surface area contributed by atoms with Gasteiger partial charge in [0.1, 0.15) is 17.6 Å². The molecule has 0 spiro atoms. The van der Waals surface area contributed by atoms with Crippen molar-refractivity contribution in [2.45, 2.75) is 6.54 Å². The van der Waals surface area contributed by atoms with Gasteiger partial charge in [0.05, 0.1) is 25.5 Å². The smallest absolute Gasteiger partial charge is 0.127 e. The largest absolute Gasteiger partial charge is 0.497 e. The van der Waals surface area contributed by atoms with E-state index in [1.165, 1.54) is 0 Å². The minimum atomic E-state index is 0.554. The Bertz CT molecular complexity index is 680. The molecule has 1 N–H and O–H groups in total. The van der Waals surface area contributed by atoms with E-state index in [0.29, 0.717) is 12.1 Å². The van der Waals surface area contributed by atoms with Crippen LogP contribution in [0.3, 0.4) is 0 Å². The van der Waals surface area contributed by atoms with Crippen LogP contribution >= 0.6 is 15.9 Å². The molecular formula is C16H15BrN2O2. The van der Waals surface area contributed by atoms with Crippen LogP contribution in [-0.2, 0) is 6.54 Å². The lowest BCUT2D eigenvalue weighted by Crippen LogP contribution is -2.03. The fourth-order valence-electron chi connectivity index (χ4n) is 1.95. The lowest BCUT2D eigenvalue weighted by molar-refractivity contribution is 0.391. The van der Waals surface area contributed by atoms with Crippen LogP contribution < -0.4 is 14.8 Å². The highest BCUT2D eigenvalue weighted by atomic mass is 79.9. The fourth-order valence-corrected chi connectivity index (χ4v) is 2.31. The van der Waals surface area contributed by atoms with Crippen molar-refractivity contribution in [3.8, 4) is 17.6 Å². The van der Waals surface area contributed by atoms with E-state index in [1.807, 2.05) is 30.3 Å². The predicted molar refractivity (Wildman–Crippen MR) is 85.7 cm³/mol. The summed E-state index contributed by atoms with van der Waals surface area (Å²) in [5, 5.41) is 12.4. The highest BCUT2D eigenvalue weighted by Gasteiger charge is 2.07. The Labute approximate surface area is 132 Å². The highest BCUT2D eigenvalue weighted by molar-refractivity contribution is 9.10. The van der Waals surface area contributed by atoms with Crippen LogP contribution in [0.4, 0.5) is 5.69 Å². The van der Waals surface area contributed by atoms with Crippen LogP contribution in [0.1, 0.15) is 11.1 Å². The zero-order chi connectivity index (χ0) is 15.2. The normalized spacial score (nSPS) is 9.81. The summed E-state index contributed by atoms with van der Waals surface area (Å²) in [5.74, 6) is 1.49. The third-order valence-corrected chi connectivity index (χ3v) is 3.56. The van der Waals surface area contributed by atoms with Gasteiger partial charge in [-0.1, -0.05) is 15.9 Å². The first-order valence-electron chi connectivity index (χ1n) is 6.32. The molecule has 0 aliphatic heterocycles. The molecule has 0 unspecified atom stereocenters. The number of hydrogen-bond donors (Lipinski definition) is 1. The van der Waals surface area contributed by atoms with E-state index in [9.17, 15) is 0 Å². The number of hydrogen-bond acceptors (Lipinski definition) is 4. The Hall–Kier alpha value is -2.19. The van der Waals surface area contributed by atoms with Gasteiger partial charge in [-0.15, -0.1) is 0 Å². The second-order valence-corrected chi connectivity index (χ2v) is 5.25. The molecule has 0 heterocycles. The maximum atomic E-state index is 9.13. The van der Waals surface area contributed by atoms with Crippen molar-refractivity contribution >= 4 is 21.6 Å². The summed E-state index contributed by atoms with van der Waals surface area (Å²) in [6.07, 6.45) is 0. The SMILES string of the molecule is COc1ccc(CNc2cc(Br)ccc2C#N)c(OC)c1. The number of nitriles is 1. The summed E-state index contributed by atoms with van der Waals surface area (Å²) in [4.78, 5) is 0. The molecule has 0 aliphatic carbocycles. The van der Waals surface area contributed by atoms with Crippen molar-refractivity contribution in [3.05, 3.63) is 52.0 Å². The predicted octanol–water partition coefficient (Wildman–Crippen LogP) is 3.95. The van der Waals surface area contributed by atoms with E-state index in [1.54, 1.807) is 20.3 Å². The zero-order valence-electron chi connectivity index (χ0n) is 11.8. The molecule has 0 radical (unpaired) electrons. The first-order valence-corrected chi connectivity index (χ1v) is 7.11. The molecule has 0 saturated heterocycles. The number of nitrogens with one attached hydrogen (secondary N) is 1. The number of benzene rings is 2. The van der Waals surface area contributed by atoms with Gasteiger partial charge >= 0.3 is 0 Å². The average molecular weight is 347 g/mol. The molecule has 2 rings (SSSR count). The summed E-state index contributed by atoms with van der Waals surface area (Å²) in [6, 6.07) is 13.3. The van der Waals surface area contributed by atoms with Gasteiger partial charge in [-0.05, 0) is 30.3 Å². The van der Waals surface area contributed by atoms with Gasteiger partial charge in [-0.2, -0.15) is 5.26 Å². The van der Waals surface area contributed by atoms with Crippen LogP contribution in [-0.4, -0.2) is 14.2 Å². The number of methoxy groups -OCH3 is 2. The minimum absolute atomic E-state index is 0.554. The van der Waals surface area contributed by atoms with Crippen molar-refractivity contribution < 1.29 is 9.47 Å². The average Bonchev–Trinajstić information content (AvgIpc) is 2.52. The molecule has 0 aliphatic rings. The molecule has 21 heavy (non-hydrogen) atoms. The number of ether oxygens (including phenoxy) is 2. The van der Waals surface area contributed by atoms with E-state index < -0.39 is 0 Å². The fraction of sp³-hybridized carbons (Fsp3) is 0.188. The third kappa shape index (κ3) is 3.67. The molecule has 0 amide bonds. The molecule has 4 nitrogen and oxygen atoms in total. The van der Waals surface area contributed by atoms with Gasteiger partial charge in [0.2, 0.25) is 0 Å². The maximum Gasteiger partial charge on any atom is 0.127 e. The number of rotatable bonds is 5. The molecule has 5 heteroatoms. The van der Waals surface area contributed by atoms with E-state index in [4.69, 9.17) is 14.7 Å². The molecule has 0 saturated carbocycles. The highest BCUT2D eigenvalue weighted by Crippen LogP contribution is 2.27. The van der Waals surface area contributed by atoms with E-state index in [-0.39, 0.29) is 0 Å². The standard InChI is InChI=1S/C16H15BrN2O2/c1-20-14-6-4-12(16(8-14)21-2)10-19-15-7-13(17)5-3-11(15)9-18/h3-8,19H,10H2,1-2H3. The van der Waals surface area contributed by atoms with Crippen molar-refractivity contribution in [3.63, 3.8) is 0 Å². The molecule has 0 aromatic heterocycles. The molecule has 0 atom stereocenters. The first kappa shape index (κ1) is 15.2. The lowest BCUT2D eigenvalue weighted by atomic mass is 10.1. The summed E-state index contributed by atoms with van der Waals surface area (Å²) >= 11 is 3.41. The molecule has 2 aromatic carbocycles. The van der Waals surface area contributed by atoms with Gasteiger partial charge in [0.25, 0.3) is 0 Å². The van der Waals surface area contributed by atoms with Crippen molar-refractivity contribution in [2.24, 2.45) is 0 Å². The van der Waals surface area contributed by atoms with Crippen LogP contribution in [0.25, 0.3) is 0 Å². The van der Waals surface area contributed by atoms with Crippen molar-refractivity contribution in [2.75, 3.05) is 19.5 Å². The number of halogens is 1. The topological polar surface area (TPSA) is 54.3 Å². The molecular weight excluding hydrogens is 332 g/mol. The summed E-state index contributed by atoms with van der Waals surface area (Å²) in [5.41, 5.74) is 2.37. The van der Waals surface area contributed by atoms with Crippen LogP contribution in [0, 0.1) is 11.3 Å². The molecule has 108 valence electrons. The molecule has 0 fully saturated rings. The quantitative estimate of drug-likeness (QED) is 0.890. The maximum absolute atomic E-state index is 9.13. The first-order chi connectivity index (χ1) is 10.2. The molecule has 0 bridgehead atoms. The third-order valence-electron chi connectivity index (χ3n) is 3.07. The van der Waals surface area contributed by atoms with Crippen LogP contribution in [0.15, 0.2) is 40.9 Å². The summed E-state index contributed by atoms with van der Waals surface area (Å²) < 4.78 is 11.5. The summed E-state index contributed by atoms with van der Waals surface area (Å²) in [7, 11) is 3.24. The Kier molecular flexibility index (Phi) is 5.07. The second-order valence-electron chi connectivity index (χ2n) is 4.33. The van der Waals surface area contributed by atoms with E-state index in [0.717, 1.165) is 27.2 Å². The second kappa shape index (κ2) is 7.00. The summed E-state index contributed by atoms with van der Waals surface area (Å²) in [6.45, 7) is 0.554. The lowest BCUT2D eigenvalue weighted by Gasteiger charge is -2.13. The number of nitrogens with zero attached hydrogens (tertiary/aromatic N) is 1. The Balaban J connectivity index is 2.20. The van der Waals surface area contributed by atoms with E-state index >= 15 is 0 Å². The Morgan fingerprint density at radius 1 is 1.14 bits per heavy atom. The molecule has 2 aromatic rings. The van der Waals surface area contributed by atoms with Crippen molar-refractivity contribution in [1.82, 2.24) is 0 Å². The monoisotopic (exact) mass is 346 g/mol. The van der Waals surface area contributed by atoms with Gasteiger partial charge in [0.15, 0.2) is 0 Å². The van der Waals surface area contributed by atoms with Gasteiger partial charge in [0, 0.05) is 22.6 Å². The van der Waals surface area contributed by atoms with Gasteiger partial charge < -0.3 is 14.8 Å².